The lowest BCUT2D eigenvalue weighted by Crippen LogP contribution is -2.30. The first kappa shape index (κ1) is 19.8. The van der Waals surface area contributed by atoms with Crippen molar-refractivity contribution in [3.63, 3.8) is 0 Å². The maximum atomic E-state index is 13.5. The maximum absolute atomic E-state index is 13.5. The molecule has 0 saturated carbocycles. The fourth-order valence-electron chi connectivity index (χ4n) is 3.89. The number of rotatable bonds is 5. The molecule has 0 bridgehead atoms. The van der Waals surface area contributed by atoms with E-state index in [-0.39, 0.29) is 11.5 Å². The molecule has 4 rings (SSSR count). The van der Waals surface area contributed by atoms with E-state index in [2.05, 4.69) is 4.90 Å². The standard InChI is InChI=1S/C22H25N3O3S/c1-14-15(2)29-20-19(14)21(26)25(18(23-20)13-24-9-4-5-10-24)12-16-7-6-8-17(11-16)22(27)28-3/h6-8,11H,4-5,9-10,12-13H2,1-3H3. The summed E-state index contributed by atoms with van der Waals surface area (Å²) in [5, 5.41) is 0.710. The van der Waals surface area contributed by atoms with Crippen LogP contribution in [0.1, 0.15) is 45.0 Å². The number of fused-ring (bicyclic) bond motifs is 1. The Bertz CT molecular complexity index is 1130. The van der Waals surface area contributed by atoms with Gasteiger partial charge in [-0.15, -0.1) is 11.3 Å². The first-order valence-electron chi connectivity index (χ1n) is 9.87. The van der Waals surface area contributed by atoms with Crippen LogP contribution in [-0.4, -0.2) is 40.6 Å². The van der Waals surface area contributed by atoms with E-state index in [1.807, 2.05) is 26.0 Å². The smallest absolute Gasteiger partial charge is 0.337 e. The number of benzene rings is 1. The summed E-state index contributed by atoms with van der Waals surface area (Å²) < 4.78 is 6.60. The molecule has 1 fully saturated rings. The SMILES string of the molecule is COC(=O)c1cccc(Cn2c(CN3CCCC3)nc3sc(C)c(C)c3c2=O)c1. The molecule has 0 radical (unpaired) electrons. The van der Waals surface area contributed by atoms with Gasteiger partial charge in [0.05, 0.1) is 31.1 Å². The minimum absolute atomic E-state index is 0.00508. The summed E-state index contributed by atoms with van der Waals surface area (Å²) in [4.78, 5) is 34.5. The quantitative estimate of drug-likeness (QED) is 0.601. The number of thiophene rings is 1. The summed E-state index contributed by atoms with van der Waals surface area (Å²) in [6, 6.07) is 7.25. The van der Waals surface area contributed by atoms with Gasteiger partial charge < -0.3 is 4.74 Å². The summed E-state index contributed by atoms with van der Waals surface area (Å²) in [7, 11) is 1.37. The second-order valence-electron chi connectivity index (χ2n) is 7.56. The van der Waals surface area contributed by atoms with Crippen molar-refractivity contribution in [2.45, 2.75) is 39.8 Å². The number of hydrogen-bond acceptors (Lipinski definition) is 6. The third-order valence-corrected chi connectivity index (χ3v) is 6.72. The highest BCUT2D eigenvalue weighted by Crippen LogP contribution is 2.27. The molecule has 1 aromatic carbocycles. The largest absolute Gasteiger partial charge is 0.465 e. The maximum Gasteiger partial charge on any atom is 0.337 e. The van der Waals surface area contributed by atoms with Crippen molar-refractivity contribution in [3.05, 3.63) is 62.0 Å². The summed E-state index contributed by atoms with van der Waals surface area (Å²) in [5.74, 6) is 0.406. The van der Waals surface area contributed by atoms with Gasteiger partial charge in [-0.3, -0.25) is 14.3 Å². The van der Waals surface area contributed by atoms with Crippen LogP contribution >= 0.6 is 11.3 Å². The van der Waals surface area contributed by atoms with Gasteiger partial charge in [-0.2, -0.15) is 0 Å². The van der Waals surface area contributed by atoms with Crippen LogP contribution in [-0.2, 0) is 17.8 Å². The van der Waals surface area contributed by atoms with Crippen molar-refractivity contribution in [2.24, 2.45) is 0 Å². The number of methoxy groups -OCH3 is 1. The molecule has 0 N–H and O–H groups in total. The first-order valence-corrected chi connectivity index (χ1v) is 10.7. The number of ether oxygens (including phenoxy) is 1. The second kappa shape index (κ2) is 8.08. The Kier molecular flexibility index (Phi) is 5.52. The van der Waals surface area contributed by atoms with E-state index in [1.165, 1.54) is 20.0 Å². The Balaban J connectivity index is 1.80. The van der Waals surface area contributed by atoms with E-state index < -0.39 is 0 Å². The third-order valence-electron chi connectivity index (χ3n) is 5.62. The van der Waals surface area contributed by atoms with Crippen LogP contribution in [0.5, 0.6) is 0 Å². The molecule has 0 spiro atoms. The molecule has 0 amide bonds. The van der Waals surface area contributed by atoms with Crippen LogP contribution in [0.15, 0.2) is 29.1 Å². The van der Waals surface area contributed by atoms with Crippen molar-refractivity contribution in [2.75, 3.05) is 20.2 Å². The van der Waals surface area contributed by atoms with Gasteiger partial charge in [-0.05, 0) is 63.0 Å². The molecular weight excluding hydrogens is 386 g/mol. The minimum Gasteiger partial charge on any atom is -0.465 e. The van der Waals surface area contributed by atoms with Crippen molar-refractivity contribution in [1.29, 1.82) is 0 Å². The third kappa shape index (κ3) is 3.84. The lowest BCUT2D eigenvalue weighted by molar-refractivity contribution is 0.0600. The Morgan fingerprint density at radius 1 is 1.21 bits per heavy atom. The summed E-state index contributed by atoms with van der Waals surface area (Å²) >= 11 is 1.59. The van der Waals surface area contributed by atoms with Crippen LogP contribution in [0, 0.1) is 13.8 Å². The van der Waals surface area contributed by atoms with Crippen LogP contribution in [0.4, 0.5) is 0 Å². The van der Waals surface area contributed by atoms with Gasteiger partial charge in [0, 0.05) is 4.88 Å². The molecule has 1 aliphatic rings. The monoisotopic (exact) mass is 411 g/mol. The zero-order valence-electron chi connectivity index (χ0n) is 17.0. The molecule has 0 unspecified atom stereocenters. The Morgan fingerprint density at radius 3 is 2.69 bits per heavy atom. The molecule has 6 nitrogen and oxygen atoms in total. The van der Waals surface area contributed by atoms with Crippen LogP contribution in [0.3, 0.4) is 0 Å². The molecule has 152 valence electrons. The second-order valence-corrected chi connectivity index (χ2v) is 8.76. The van der Waals surface area contributed by atoms with Crippen LogP contribution < -0.4 is 5.56 Å². The molecule has 7 heteroatoms. The molecule has 3 aromatic rings. The highest BCUT2D eigenvalue weighted by Gasteiger charge is 2.20. The van der Waals surface area contributed by atoms with Crippen molar-refractivity contribution >= 4 is 27.5 Å². The molecule has 3 heterocycles. The Morgan fingerprint density at radius 2 is 1.97 bits per heavy atom. The number of nitrogens with zero attached hydrogens (tertiary/aromatic N) is 3. The van der Waals surface area contributed by atoms with Gasteiger partial charge >= 0.3 is 5.97 Å². The molecule has 29 heavy (non-hydrogen) atoms. The molecule has 1 aliphatic heterocycles. The predicted octanol–water partition coefficient (Wildman–Crippen LogP) is 3.51. The van der Waals surface area contributed by atoms with E-state index in [0.29, 0.717) is 24.0 Å². The zero-order chi connectivity index (χ0) is 20.5. The van der Waals surface area contributed by atoms with E-state index in [4.69, 9.17) is 9.72 Å². The van der Waals surface area contributed by atoms with Crippen LogP contribution in [0.25, 0.3) is 10.2 Å². The molecular formula is C22H25N3O3S. The van der Waals surface area contributed by atoms with E-state index >= 15 is 0 Å². The molecule has 1 saturated heterocycles. The normalized spacial score (nSPS) is 14.6. The minimum atomic E-state index is -0.380. The number of hydrogen-bond donors (Lipinski definition) is 0. The van der Waals surface area contributed by atoms with Gasteiger partial charge in [-0.1, -0.05) is 12.1 Å². The summed E-state index contributed by atoms with van der Waals surface area (Å²) in [5.41, 5.74) is 2.36. The topological polar surface area (TPSA) is 64.4 Å². The highest BCUT2D eigenvalue weighted by atomic mass is 32.1. The van der Waals surface area contributed by atoms with Gasteiger partial charge in [-0.25, -0.2) is 9.78 Å². The van der Waals surface area contributed by atoms with E-state index in [9.17, 15) is 9.59 Å². The van der Waals surface area contributed by atoms with Gasteiger partial charge in [0.15, 0.2) is 0 Å². The number of aromatic nitrogens is 2. The highest BCUT2D eigenvalue weighted by molar-refractivity contribution is 7.18. The summed E-state index contributed by atoms with van der Waals surface area (Å²) in [6.07, 6.45) is 2.37. The van der Waals surface area contributed by atoms with Gasteiger partial charge in [0.1, 0.15) is 10.7 Å². The number of carbonyl (C=O) groups excluding carboxylic acids is 1. The summed E-state index contributed by atoms with van der Waals surface area (Å²) in [6.45, 7) is 7.13. The van der Waals surface area contributed by atoms with Crippen molar-refractivity contribution in [1.82, 2.24) is 14.5 Å². The van der Waals surface area contributed by atoms with Crippen molar-refractivity contribution in [3.8, 4) is 0 Å². The number of esters is 1. The van der Waals surface area contributed by atoms with E-state index in [1.54, 1.807) is 28.0 Å². The average molecular weight is 412 g/mol. The zero-order valence-corrected chi connectivity index (χ0v) is 17.8. The molecule has 2 aromatic heterocycles. The fourth-order valence-corrected chi connectivity index (χ4v) is 4.93. The van der Waals surface area contributed by atoms with Crippen molar-refractivity contribution < 1.29 is 9.53 Å². The average Bonchev–Trinajstić information content (AvgIpc) is 3.32. The number of carbonyl (C=O) groups is 1. The van der Waals surface area contributed by atoms with Crippen LogP contribution in [0.2, 0.25) is 0 Å². The van der Waals surface area contributed by atoms with Gasteiger partial charge in [0.2, 0.25) is 0 Å². The Hall–Kier alpha value is -2.51. The Labute approximate surface area is 173 Å². The van der Waals surface area contributed by atoms with Gasteiger partial charge in [0.25, 0.3) is 5.56 Å². The number of likely N-dealkylation sites (tertiary alicyclic amines) is 1. The lowest BCUT2D eigenvalue weighted by atomic mass is 10.1. The number of aryl methyl sites for hydroxylation is 2. The lowest BCUT2D eigenvalue weighted by Gasteiger charge is -2.18. The molecule has 0 aliphatic carbocycles. The predicted molar refractivity (Wildman–Crippen MR) is 115 cm³/mol. The van der Waals surface area contributed by atoms with E-state index in [0.717, 1.165) is 39.7 Å². The fraction of sp³-hybridized carbons (Fsp3) is 0.409. The first-order chi connectivity index (χ1) is 14.0. The molecule has 0 atom stereocenters.